The Morgan fingerprint density at radius 1 is 1.29 bits per heavy atom. The Labute approximate surface area is 124 Å². The number of nitrogen functional groups attached to an aromatic ring is 1. The molecular weight excluding hydrogens is 290 g/mol. The van der Waals surface area contributed by atoms with Crippen LogP contribution in [0.15, 0.2) is 23.4 Å². The molecule has 0 unspecified atom stereocenters. The molecule has 1 heterocycles. The maximum atomic E-state index is 12.5. The Kier molecular flexibility index (Phi) is 4.59. The van der Waals surface area contributed by atoms with E-state index in [2.05, 4.69) is 19.9 Å². The maximum absolute atomic E-state index is 12.5. The van der Waals surface area contributed by atoms with E-state index in [1.54, 1.807) is 6.07 Å². The van der Waals surface area contributed by atoms with Gasteiger partial charge in [-0.1, -0.05) is 13.8 Å². The highest BCUT2D eigenvalue weighted by molar-refractivity contribution is 7.89. The highest BCUT2D eigenvalue weighted by Crippen LogP contribution is 2.25. The van der Waals surface area contributed by atoms with E-state index < -0.39 is 10.0 Å². The number of aromatic amines is 1. The maximum Gasteiger partial charge on any atom is 0.241 e. The fourth-order valence-corrected chi connectivity index (χ4v) is 3.48. The van der Waals surface area contributed by atoms with Gasteiger partial charge in [0.1, 0.15) is 12.2 Å². The number of nitrogens with zero attached hydrogens (tertiary/aromatic N) is 2. The zero-order valence-corrected chi connectivity index (χ0v) is 12.9. The molecule has 0 saturated carbocycles. The van der Waals surface area contributed by atoms with E-state index in [0.717, 1.165) is 12.0 Å². The van der Waals surface area contributed by atoms with E-state index in [0.29, 0.717) is 23.5 Å². The van der Waals surface area contributed by atoms with Crippen LogP contribution in [0.3, 0.4) is 0 Å². The van der Waals surface area contributed by atoms with Crippen LogP contribution in [0.1, 0.15) is 30.8 Å². The van der Waals surface area contributed by atoms with E-state index in [9.17, 15) is 8.42 Å². The average Bonchev–Trinajstić information content (AvgIpc) is 2.97. The highest BCUT2D eigenvalue weighted by atomic mass is 32.2. The van der Waals surface area contributed by atoms with E-state index in [1.807, 2.05) is 19.9 Å². The number of nitrogens with one attached hydrogen (secondary N) is 2. The van der Waals surface area contributed by atoms with Crippen LogP contribution in [-0.2, 0) is 29.4 Å². The van der Waals surface area contributed by atoms with Gasteiger partial charge in [0, 0.05) is 5.69 Å². The number of aryl methyl sites for hydroxylation is 1. The largest absolute Gasteiger partial charge is 0.398 e. The van der Waals surface area contributed by atoms with Gasteiger partial charge in [0.25, 0.3) is 0 Å². The van der Waals surface area contributed by atoms with Crippen LogP contribution < -0.4 is 10.5 Å². The molecule has 114 valence electrons. The normalized spacial score (nSPS) is 11.7. The van der Waals surface area contributed by atoms with Crippen LogP contribution in [0.25, 0.3) is 0 Å². The third kappa shape index (κ3) is 3.40. The lowest BCUT2D eigenvalue weighted by atomic mass is 10.1. The first-order chi connectivity index (χ1) is 9.97. The van der Waals surface area contributed by atoms with Gasteiger partial charge in [0.05, 0.1) is 11.4 Å². The van der Waals surface area contributed by atoms with Gasteiger partial charge in [-0.3, -0.25) is 5.10 Å². The number of aromatic nitrogens is 3. The van der Waals surface area contributed by atoms with Crippen molar-refractivity contribution >= 4 is 15.7 Å². The number of nitrogens with two attached hydrogens (primary N) is 1. The number of anilines is 1. The predicted molar refractivity (Wildman–Crippen MR) is 80.0 cm³/mol. The summed E-state index contributed by atoms with van der Waals surface area (Å²) in [6.45, 7) is 3.90. The Hall–Kier alpha value is -1.93. The van der Waals surface area contributed by atoms with Gasteiger partial charge in [-0.05, 0) is 36.1 Å². The molecule has 0 atom stereocenters. The molecule has 0 spiro atoms. The van der Waals surface area contributed by atoms with Gasteiger partial charge in [-0.15, -0.1) is 0 Å². The van der Waals surface area contributed by atoms with Crippen LogP contribution >= 0.6 is 0 Å². The van der Waals surface area contributed by atoms with Crippen molar-refractivity contribution in [3.8, 4) is 0 Å². The predicted octanol–water partition coefficient (Wildman–Crippen LogP) is 0.990. The molecule has 0 bridgehead atoms. The van der Waals surface area contributed by atoms with Crippen molar-refractivity contribution in [3.05, 3.63) is 35.4 Å². The molecule has 8 heteroatoms. The molecule has 7 nitrogen and oxygen atoms in total. The molecule has 0 amide bonds. The molecule has 1 aromatic heterocycles. The number of benzene rings is 1. The summed E-state index contributed by atoms with van der Waals surface area (Å²) in [5.74, 6) is 0.455. The third-order valence-corrected chi connectivity index (χ3v) is 4.72. The number of H-pyrrole nitrogens is 1. The van der Waals surface area contributed by atoms with E-state index in [-0.39, 0.29) is 11.4 Å². The summed E-state index contributed by atoms with van der Waals surface area (Å²) in [4.78, 5) is 4.13. The van der Waals surface area contributed by atoms with E-state index in [1.165, 1.54) is 6.33 Å². The number of hydrogen-bond donors (Lipinski definition) is 3. The molecule has 0 saturated heterocycles. The Morgan fingerprint density at radius 3 is 2.62 bits per heavy atom. The first-order valence-electron chi connectivity index (χ1n) is 6.73. The van der Waals surface area contributed by atoms with Gasteiger partial charge >= 0.3 is 0 Å². The quantitative estimate of drug-likeness (QED) is 0.689. The number of hydrogen-bond acceptors (Lipinski definition) is 5. The smallest absolute Gasteiger partial charge is 0.241 e. The lowest BCUT2D eigenvalue weighted by Gasteiger charge is -2.14. The molecule has 21 heavy (non-hydrogen) atoms. The fraction of sp³-hybridized carbons (Fsp3) is 0.385. The van der Waals surface area contributed by atoms with Crippen molar-refractivity contribution in [3.63, 3.8) is 0 Å². The highest BCUT2D eigenvalue weighted by Gasteiger charge is 2.20. The number of rotatable bonds is 6. The van der Waals surface area contributed by atoms with Gasteiger partial charge in [-0.25, -0.2) is 18.1 Å². The van der Waals surface area contributed by atoms with Crippen LogP contribution in [0.5, 0.6) is 0 Å². The number of sulfonamides is 1. The Balaban J connectivity index is 2.36. The molecule has 4 N–H and O–H groups in total. The summed E-state index contributed by atoms with van der Waals surface area (Å²) in [5.41, 5.74) is 8.02. The van der Waals surface area contributed by atoms with Crippen LogP contribution in [0, 0.1) is 0 Å². The molecule has 0 aliphatic rings. The van der Waals surface area contributed by atoms with Crippen molar-refractivity contribution in [1.82, 2.24) is 19.9 Å². The first-order valence-corrected chi connectivity index (χ1v) is 8.21. The molecule has 2 rings (SSSR count). The first kappa shape index (κ1) is 15.5. The lowest BCUT2D eigenvalue weighted by molar-refractivity contribution is 0.578. The monoisotopic (exact) mass is 309 g/mol. The SMILES string of the molecule is CCc1cc(N)c(CC)c(S(=O)(=O)NCc2ncn[nH]2)c1. The average molecular weight is 309 g/mol. The van der Waals surface area contributed by atoms with Crippen LogP contribution in [-0.4, -0.2) is 23.6 Å². The minimum absolute atomic E-state index is 0.0573. The van der Waals surface area contributed by atoms with Crippen molar-refractivity contribution in [1.29, 1.82) is 0 Å². The van der Waals surface area contributed by atoms with Crippen molar-refractivity contribution in [2.45, 2.75) is 38.1 Å². The zero-order chi connectivity index (χ0) is 15.5. The van der Waals surface area contributed by atoms with Gasteiger partial charge in [0.15, 0.2) is 0 Å². The van der Waals surface area contributed by atoms with Crippen molar-refractivity contribution < 1.29 is 8.42 Å². The Morgan fingerprint density at radius 2 is 2.05 bits per heavy atom. The van der Waals surface area contributed by atoms with Crippen LogP contribution in [0.2, 0.25) is 0 Å². The summed E-state index contributed by atoms with van der Waals surface area (Å²) in [7, 11) is -3.65. The summed E-state index contributed by atoms with van der Waals surface area (Å²) in [5, 5.41) is 6.29. The summed E-state index contributed by atoms with van der Waals surface area (Å²) >= 11 is 0. The second-order valence-electron chi connectivity index (χ2n) is 4.63. The molecule has 0 fully saturated rings. The molecular formula is C13H19N5O2S. The molecule has 0 radical (unpaired) electrons. The summed E-state index contributed by atoms with van der Waals surface area (Å²) in [6.07, 6.45) is 2.60. The summed E-state index contributed by atoms with van der Waals surface area (Å²) in [6, 6.07) is 3.51. The van der Waals surface area contributed by atoms with Crippen molar-refractivity contribution in [2.75, 3.05) is 5.73 Å². The van der Waals surface area contributed by atoms with Crippen LogP contribution in [0.4, 0.5) is 5.69 Å². The summed E-state index contributed by atoms with van der Waals surface area (Å²) < 4.78 is 27.5. The second kappa shape index (κ2) is 6.23. The third-order valence-electron chi connectivity index (χ3n) is 3.25. The second-order valence-corrected chi connectivity index (χ2v) is 6.36. The van der Waals surface area contributed by atoms with E-state index in [4.69, 9.17) is 5.73 Å². The molecule has 0 aliphatic heterocycles. The molecule has 0 aliphatic carbocycles. The van der Waals surface area contributed by atoms with Crippen molar-refractivity contribution in [2.24, 2.45) is 0 Å². The van der Waals surface area contributed by atoms with Gasteiger partial charge in [0.2, 0.25) is 10.0 Å². The fourth-order valence-electron chi connectivity index (χ4n) is 2.11. The Bertz CT molecular complexity index is 710. The van der Waals surface area contributed by atoms with E-state index >= 15 is 0 Å². The topological polar surface area (TPSA) is 114 Å². The standard InChI is InChI=1S/C13H19N5O2S/c1-3-9-5-11(14)10(4-2)12(6-9)21(19,20)17-7-13-15-8-16-18-13/h5-6,8,17H,3-4,7,14H2,1-2H3,(H,15,16,18). The zero-order valence-electron chi connectivity index (χ0n) is 12.0. The minimum Gasteiger partial charge on any atom is -0.398 e. The molecule has 1 aromatic carbocycles. The molecule has 2 aromatic rings. The van der Waals surface area contributed by atoms with Gasteiger partial charge in [-0.2, -0.15) is 5.10 Å². The minimum atomic E-state index is -3.65. The lowest BCUT2D eigenvalue weighted by Crippen LogP contribution is -2.25. The van der Waals surface area contributed by atoms with Gasteiger partial charge < -0.3 is 5.73 Å².